The summed E-state index contributed by atoms with van der Waals surface area (Å²) in [5, 5.41) is 12.3. The Hall–Kier alpha value is -2.02. The van der Waals surface area contributed by atoms with E-state index in [-0.39, 0.29) is 11.7 Å². The van der Waals surface area contributed by atoms with Crippen molar-refractivity contribution in [2.24, 2.45) is 0 Å². The Morgan fingerprint density at radius 1 is 1.20 bits per heavy atom. The maximum absolute atomic E-state index is 12.2. The van der Waals surface area contributed by atoms with E-state index in [2.05, 4.69) is 15.5 Å². The van der Waals surface area contributed by atoms with Crippen molar-refractivity contribution in [3.63, 3.8) is 0 Å². The van der Waals surface area contributed by atoms with Gasteiger partial charge in [-0.2, -0.15) is 0 Å². The van der Waals surface area contributed by atoms with Gasteiger partial charge in [0.05, 0.1) is 21.5 Å². The van der Waals surface area contributed by atoms with E-state index < -0.39 is 0 Å². The average molecular weight is 393 g/mol. The summed E-state index contributed by atoms with van der Waals surface area (Å²) >= 11 is 13.1. The molecule has 0 fully saturated rings. The number of anilines is 1. The molecule has 1 aromatic heterocycles. The Morgan fingerprint density at radius 3 is 2.76 bits per heavy atom. The molecule has 2 aromatic carbocycles. The van der Waals surface area contributed by atoms with Crippen molar-refractivity contribution in [2.45, 2.75) is 12.1 Å². The highest BCUT2D eigenvalue weighted by Crippen LogP contribution is 2.26. The van der Waals surface area contributed by atoms with E-state index >= 15 is 0 Å². The van der Waals surface area contributed by atoms with Crippen molar-refractivity contribution < 1.29 is 4.79 Å². The summed E-state index contributed by atoms with van der Waals surface area (Å²) in [6, 6.07) is 12.9. The standard InChI is InChI=1S/C17H14Cl2N4OS/c1-11-4-2-3-5-15(11)23-10-20-22-17(23)25-9-16(24)21-12-6-7-13(18)14(19)8-12/h2-8,10H,9H2,1H3,(H,21,24). The van der Waals surface area contributed by atoms with Gasteiger partial charge in [0.1, 0.15) is 6.33 Å². The zero-order chi connectivity index (χ0) is 17.8. The Bertz CT molecular complexity index is 913. The van der Waals surface area contributed by atoms with Gasteiger partial charge in [0.25, 0.3) is 0 Å². The van der Waals surface area contributed by atoms with Crippen LogP contribution in [0.4, 0.5) is 5.69 Å². The average Bonchev–Trinajstić information content (AvgIpc) is 3.05. The molecule has 1 N–H and O–H groups in total. The second kappa shape index (κ2) is 7.91. The Balaban J connectivity index is 1.66. The molecule has 8 heteroatoms. The summed E-state index contributed by atoms with van der Waals surface area (Å²) in [7, 11) is 0. The fourth-order valence-electron chi connectivity index (χ4n) is 2.22. The number of carbonyl (C=O) groups excluding carboxylic acids is 1. The van der Waals surface area contributed by atoms with Gasteiger partial charge in [-0.3, -0.25) is 9.36 Å². The number of rotatable bonds is 5. The molecule has 1 amide bonds. The first-order valence-corrected chi connectivity index (χ1v) is 9.12. The summed E-state index contributed by atoms with van der Waals surface area (Å²) in [6.07, 6.45) is 1.64. The monoisotopic (exact) mass is 392 g/mol. The van der Waals surface area contributed by atoms with Crippen molar-refractivity contribution in [1.82, 2.24) is 14.8 Å². The predicted molar refractivity (Wildman–Crippen MR) is 102 cm³/mol. The summed E-state index contributed by atoms with van der Waals surface area (Å²) in [5.41, 5.74) is 2.68. The Labute approximate surface area is 159 Å². The highest BCUT2D eigenvalue weighted by molar-refractivity contribution is 7.99. The van der Waals surface area contributed by atoms with Gasteiger partial charge in [0.2, 0.25) is 5.91 Å². The number of aromatic nitrogens is 3. The summed E-state index contributed by atoms with van der Waals surface area (Å²) < 4.78 is 1.87. The van der Waals surface area contributed by atoms with Crippen molar-refractivity contribution >= 4 is 46.6 Å². The smallest absolute Gasteiger partial charge is 0.234 e. The zero-order valence-corrected chi connectivity index (χ0v) is 15.6. The van der Waals surface area contributed by atoms with E-state index in [1.54, 1.807) is 24.5 Å². The molecule has 128 valence electrons. The van der Waals surface area contributed by atoms with Gasteiger partial charge in [-0.05, 0) is 36.8 Å². The molecule has 0 atom stereocenters. The van der Waals surface area contributed by atoms with Crippen LogP contribution in [-0.2, 0) is 4.79 Å². The van der Waals surface area contributed by atoms with Crippen LogP contribution in [0.3, 0.4) is 0 Å². The minimum absolute atomic E-state index is 0.164. The molecule has 0 aliphatic heterocycles. The lowest BCUT2D eigenvalue weighted by atomic mass is 10.2. The summed E-state index contributed by atoms with van der Waals surface area (Å²) in [5.74, 6) is 0.0351. The van der Waals surface area contributed by atoms with Crippen LogP contribution in [0.1, 0.15) is 5.56 Å². The summed E-state index contributed by atoms with van der Waals surface area (Å²) in [6.45, 7) is 2.01. The first kappa shape index (κ1) is 17.8. The molecule has 1 heterocycles. The van der Waals surface area contributed by atoms with Gasteiger partial charge in [0, 0.05) is 5.69 Å². The number of thioether (sulfide) groups is 1. The quantitative estimate of drug-likeness (QED) is 0.643. The van der Waals surface area contributed by atoms with E-state index in [1.165, 1.54) is 11.8 Å². The van der Waals surface area contributed by atoms with Crippen LogP contribution in [0.15, 0.2) is 53.9 Å². The van der Waals surface area contributed by atoms with E-state index in [9.17, 15) is 4.79 Å². The second-order valence-corrected chi connectivity index (χ2v) is 6.99. The van der Waals surface area contributed by atoms with Crippen LogP contribution in [0.2, 0.25) is 10.0 Å². The van der Waals surface area contributed by atoms with Gasteiger partial charge in [-0.25, -0.2) is 0 Å². The Kier molecular flexibility index (Phi) is 5.63. The molecule has 0 spiro atoms. The minimum atomic E-state index is -0.164. The van der Waals surface area contributed by atoms with Crippen LogP contribution in [0.5, 0.6) is 0 Å². The first-order chi connectivity index (χ1) is 12.0. The maximum Gasteiger partial charge on any atom is 0.234 e. The number of halogens is 2. The van der Waals surface area contributed by atoms with Gasteiger partial charge < -0.3 is 5.32 Å². The molecular weight excluding hydrogens is 379 g/mol. The number of hydrogen-bond acceptors (Lipinski definition) is 4. The second-order valence-electron chi connectivity index (χ2n) is 5.24. The topological polar surface area (TPSA) is 59.8 Å². The fourth-order valence-corrected chi connectivity index (χ4v) is 3.24. The molecule has 25 heavy (non-hydrogen) atoms. The molecule has 5 nitrogen and oxygen atoms in total. The van der Waals surface area contributed by atoms with Crippen LogP contribution >= 0.6 is 35.0 Å². The first-order valence-electron chi connectivity index (χ1n) is 7.38. The SMILES string of the molecule is Cc1ccccc1-n1cnnc1SCC(=O)Nc1ccc(Cl)c(Cl)c1. The normalized spacial score (nSPS) is 10.7. The molecule has 0 saturated carbocycles. The van der Waals surface area contributed by atoms with Crippen molar-refractivity contribution in [2.75, 3.05) is 11.1 Å². The largest absolute Gasteiger partial charge is 0.325 e. The molecule has 3 rings (SSSR count). The van der Waals surface area contributed by atoms with Gasteiger partial charge in [-0.1, -0.05) is 53.2 Å². The van der Waals surface area contributed by atoms with Gasteiger partial charge in [0.15, 0.2) is 5.16 Å². The van der Waals surface area contributed by atoms with Crippen LogP contribution in [0.25, 0.3) is 5.69 Å². The van der Waals surface area contributed by atoms with E-state index in [1.807, 2.05) is 35.8 Å². The van der Waals surface area contributed by atoms with Crippen molar-refractivity contribution in [1.29, 1.82) is 0 Å². The molecular formula is C17H14Cl2N4OS. The van der Waals surface area contributed by atoms with Crippen molar-refractivity contribution in [3.8, 4) is 5.69 Å². The fraction of sp³-hybridized carbons (Fsp3) is 0.118. The minimum Gasteiger partial charge on any atom is -0.325 e. The molecule has 0 aliphatic rings. The molecule has 0 radical (unpaired) electrons. The van der Waals surface area contributed by atoms with Crippen LogP contribution < -0.4 is 5.32 Å². The zero-order valence-electron chi connectivity index (χ0n) is 13.2. The molecule has 0 bridgehead atoms. The van der Waals surface area contributed by atoms with Crippen LogP contribution in [0, 0.1) is 6.92 Å². The number of aryl methyl sites for hydroxylation is 1. The van der Waals surface area contributed by atoms with Gasteiger partial charge in [-0.15, -0.1) is 10.2 Å². The molecule has 0 saturated heterocycles. The van der Waals surface area contributed by atoms with Gasteiger partial charge >= 0.3 is 0 Å². The third-order valence-corrected chi connectivity index (χ3v) is 5.11. The number of nitrogens with one attached hydrogen (secondary N) is 1. The predicted octanol–water partition coefficient (Wildman–Crippen LogP) is 4.61. The molecule has 0 aliphatic carbocycles. The van der Waals surface area contributed by atoms with E-state index in [4.69, 9.17) is 23.2 Å². The third-order valence-electron chi connectivity index (χ3n) is 3.43. The molecule has 3 aromatic rings. The number of carbonyl (C=O) groups is 1. The number of benzene rings is 2. The van der Waals surface area contributed by atoms with Crippen LogP contribution in [-0.4, -0.2) is 26.4 Å². The third kappa shape index (κ3) is 4.34. The Morgan fingerprint density at radius 2 is 2.00 bits per heavy atom. The number of amides is 1. The lowest BCUT2D eigenvalue weighted by Gasteiger charge is -2.09. The lowest BCUT2D eigenvalue weighted by Crippen LogP contribution is -2.14. The number of hydrogen-bond donors (Lipinski definition) is 1. The summed E-state index contributed by atoms with van der Waals surface area (Å²) in [4.78, 5) is 12.2. The van der Waals surface area contributed by atoms with Crippen molar-refractivity contribution in [3.05, 3.63) is 64.4 Å². The number of para-hydroxylation sites is 1. The maximum atomic E-state index is 12.2. The number of nitrogens with zero attached hydrogens (tertiary/aromatic N) is 3. The lowest BCUT2D eigenvalue weighted by molar-refractivity contribution is -0.113. The molecule has 0 unspecified atom stereocenters. The van der Waals surface area contributed by atoms with E-state index in [0.29, 0.717) is 20.9 Å². The highest BCUT2D eigenvalue weighted by Gasteiger charge is 2.12. The highest BCUT2D eigenvalue weighted by atomic mass is 35.5. The van der Waals surface area contributed by atoms with E-state index in [0.717, 1.165) is 11.3 Å².